The molecule has 1 aromatic carbocycles. The standard InChI is InChI=1S/C12H18N2O3/c1-2-5-13-6-7-14-12(17)9-3-4-10(15)11(16)8-9/h3-4,8,13,15-16H,2,5-7H2,1H3,(H,14,17). The summed E-state index contributed by atoms with van der Waals surface area (Å²) in [7, 11) is 0. The van der Waals surface area contributed by atoms with Crippen molar-refractivity contribution < 1.29 is 15.0 Å². The van der Waals surface area contributed by atoms with Crippen molar-refractivity contribution in [3.63, 3.8) is 0 Å². The van der Waals surface area contributed by atoms with Gasteiger partial charge in [-0.05, 0) is 31.2 Å². The Bertz CT molecular complexity index is 380. The summed E-state index contributed by atoms with van der Waals surface area (Å²) in [6, 6.07) is 3.99. The number of phenolic OH excluding ortho intramolecular Hbond substituents is 2. The van der Waals surface area contributed by atoms with Crippen molar-refractivity contribution in [2.24, 2.45) is 0 Å². The van der Waals surface area contributed by atoms with E-state index in [4.69, 9.17) is 5.11 Å². The second kappa shape index (κ2) is 6.75. The molecule has 0 radical (unpaired) electrons. The van der Waals surface area contributed by atoms with Crippen LogP contribution in [0, 0.1) is 0 Å². The van der Waals surface area contributed by atoms with Crippen LogP contribution in [-0.2, 0) is 0 Å². The average Bonchev–Trinajstić information content (AvgIpc) is 2.32. The van der Waals surface area contributed by atoms with E-state index < -0.39 is 0 Å². The van der Waals surface area contributed by atoms with Gasteiger partial charge >= 0.3 is 0 Å². The van der Waals surface area contributed by atoms with Crippen molar-refractivity contribution in [3.05, 3.63) is 23.8 Å². The number of aromatic hydroxyl groups is 2. The number of carbonyl (C=O) groups is 1. The summed E-state index contributed by atoms with van der Waals surface area (Å²) >= 11 is 0. The molecular weight excluding hydrogens is 220 g/mol. The minimum Gasteiger partial charge on any atom is -0.504 e. The Morgan fingerprint density at radius 2 is 1.94 bits per heavy atom. The highest BCUT2D eigenvalue weighted by molar-refractivity contribution is 5.94. The van der Waals surface area contributed by atoms with Crippen LogP contribution in [0.3, 0.4) is 0 Å². The van der Waals surface area contributed by atoms with Gasteiger partial charge in [-0.2, -0.15) is 0 Å². The molecule has 0 saturated carbocycles. The fourth-order valence-electron chi connectivity index (χ4n) is 1.33. The largest absolute Gasteiger partial charge is 0.504 e. The highest BCUT2D eigenvalue weighted by Crippen LogP contribution is 2.24. The number of carbonyl (C=O) groups excluding carboxylic acids is 1. The van der Waals surface area contributed by atoms with E-state index in [9.17, 15) is 9.90 Å². The van der Waals surface area contributed by atoms with Crippen LogP contribution in [-0.4, -0.2) is 35.8 Å². The molecule has 5 nitrogen and oxygen atoms in total. The second-order valence-corrected chi connectivity index (χ2v) is 3.71. The highest BCUT2D eigenvalue weighted by Gasteiger charge is 2.07. The number of hydrogen-bond acceptors (Lipinski definition) is 4. The molecule has 0 aliphatic heterocycles. The molecule has 0 bridgehead atoms. The van der Waals surface area contributed by atoms with Crippen LogP contribution >= 0.6 is 0 Å². The van der Waals surface area contributed by atoms with Gasteiger partial charge in [0.1, 0.15) is 0 Å². The maximum atomic E-state index is 11.6. The Morgan fingerprint density at radius 3 is 2.59 bits per heavy atom. The predicted molar refractivity (Wildman–Crippen MR) is 65.3 cm³/mol. The third-order valence-corrected chi connectivity index (χ3v) is 2.25. The zero-order valence-corrected chi connectivity index (χ0v) is 9.86. The van der Waals surface area contributed by atoms with Gasteiger partial charge in [0.25, 0.3) is 5.91 Å². The summed E-state index contributed by atoms with van der Waals surface area (Å²) in [5, 5.41) is 24.2. The molecule has 5 heteroatoms. The molecule has 0 unspecified atom stereocenters. The van der Waals surface area contributed by atoms with Gasteiger partial charge in [0, 0.05) is 18.7 Å². The monoisotopic (exact) mass is 238 g/mol. The zero-order valence-electron chi connectivity index (χ0n) is 9.86. The maximum Gasteiger partial charge on any atom is 0.251 e. The van der Waals surface area contributed by atoms with Crippen molar-refractivity contribution in [1.82, 2.24) is 10.6 Å². The summed E-state index contributed by atoms with van der Waals surface area (Å²) in [4.78, 5) is 11.6. The Balaban J connectivity index is 2.39. The van der Waals surface area contributed by atoms with E-state index in [1.807, 2.05) is 0 Å². The summed E-state index contributed by atoms with van der Waals surface area (Å²) in [6.45, 7) is 4.24. The quantitative estimate of drug-likeness (QED) is 0.437. The maximum absolute atomic E-state index is 11.6. The molecule has 0 fully saturated rings. The van der Waals surface area contributed by atoms with Gasteiger partial charge in [-0.1, -0.05) is 6.92 Å². The molecule has 1 aromatic rings. The van der Waals surface area contributed by atoms with E-state index in [1.54, 1.807) is 0 Å². The van der Waals surface area contributed by atoms with Crippen LogP contribution < -0.4 is 10.6 Å². The summed E-state index contributed by atoms with van der Waals surface area (Å²) in [6.07, 6.45) is 1.06. The first kappa shape index (κ1) is 13.3. The molecule has 17 heavy (non-hydrogen) atoms. The number of rotatable bonds is 6. The van der Waals surface area contributed by atoms with Crippen LogP contribution in [0.5, 0.6) is 11.5 Å². The highest BCUT2D eigenvalue weighted by atomic mass is 16.3. The average molecular weight is 238 g/mol. The molecule has 0 aliphatic carbocycles. The zero-order chi connectivity index (χ0) is 12.7. The molecule has 0 spiro atoms. The smallest absolute Gasteiger partial charge is 0.251 e. The van der Waals surface area contributed by atoms with Crippen LogP contribution in [0.1, 0.15) is 23.7 Å². The molecular formula is C12H18N2O3. The number of amides is 1. The van der Waals surface area contributed by atoms with Crippen LogP contribution in [0.25, 0.3) is 0 Å². The summed E-state index contributed by atoms with van der Waals surface area (Å²) in [5.41, 5.74) is 0.329. The van der Waals surface area contributed by atoms with E-state index in [0.29, 0.717) is 18.7 Å². The topological polar surface area (TPSA) is 81.6 Å². The van der Waals surface area contributed by atoms with Gasteiger partial charge in [-0.25, -0.2) is 0 Å². The van der Waals surface area contributed by atoms with Gasteiger partial charge in [-0.3, -0.25) is 4.79 Å². The van der Waals surface area contributed by atoms with Gasteiger partial charge in [-0.15, -0.1) is 0 Å². The fraction of sp³-hybridized carbons (Fsp3) is 0.417. The molecule has 94 valence electrons. The third kappa shape index (κ3) is 4.32. The molecule has 4 N–H and O–H groups in total. The number of hydrogen-bond donors (Lipinski definition) is 4. The molecule has 0 atom stereocenters. The lowest BCUT2D eigenvalue weighted by molar-refractivity contribution is 0.0953. The normalized spacial score (nSPS) is 10.2. The lowest BCUT2D eigenvalue weighted by Crippen LogP contribution is -2.32. The second-order valence-electron chi connectivity index (χ2n) is 3.71. The summed E-state index contributed by atoms with van der Waals surface area (Å²) in [5.74, 6) is -0.786. The van der Waals surface area contributed by atoms with E-state index in [1.165, 1.54) is 18.2 Å². The minimum absolute atomic E-state index is 0.230. The van der Waals surface area contributed by atoms with Gasteiger partial charge in [0.15, 0.2) is 11.5 Å². The molecule has 0 heterocycles. The van der Waals surface area contributed by atoms with E-state index in [0.717, 1.165) is 13.0 Å². The first-order valence-electron chi connectivity index (χ1n) is 5.66. The number of nitrogens with one attached hydrogen (secondary N) is 2. The van der Waals surface area contributed by atoms with Crippen LogP contribution in [0.4, 0.5) is 0 Å². The molecule has 0 saturated heterocycles. The van der Waals surface area contributed by atoms with Crippen molar-refractivity contribution >= 4 is 5.91 Å². The van der Waals surface area contributed by atoms with Crippen LogP contribution in [0.2, 0.25) is 0 Å². The minimum atomic E-state index is -0.290. The SMILES string of the molecule is CCCNCCNC(=O)c1ccc(O)c(O)c1. The van der Waals surface area contributed by atoms with E-state index in [-0.39, 0.29) is 17.4 Å². The number of phenols is 2. The van der Waals surface area contributed by atoms with E-state index >= 15 is 0 Å². The Kier molecular flexibility index (Phi) is 5.29. The van der Waals surface area contributed by atoms with Gasteiger partial charge < -0.3 is 20.8 Å². The first-order chi connectivity index (χ1) is 8.15. The van der Waals surface area contributed by atoms with Crippen molar-refractivity contribution in [1.29, 1.82) is 0 Å². The third-order valence-electron chi connectivity index (χ3n) is 2.25. The van der Waals surface area contributed by atoms with Crippen LogP contribution in [0.15, 0.2) is 18.2 Å². The Hall–Kier alpha value is -1.75. The van der Waals surface area contributed by atoms with Gasteiger partial charge in [0.05, 0.1) is 0 Å². The van der Waals surface area contributed by atoms with Crippen molar-refractivity contribution in [2.45, 2.75) is 13.3 Å². The molecule has 1 amide bonds. The lowest BCUT2D eigenvalue weighted by Gasteiger charge is -2.06. The van der Waals surface area contributed by atoms with E-state index in [2.05, 4.69) is 17.6 Å². The van der Waals surface area contributed by atoms with Gasteiger partial charge in [0.2, 0.25) is 0 Å². The number of benzene rings is 1. The Labute approximate surface area is 100 Å². The lowest BCUT2D eigenvalue weighted by atomic mass is 10.2. The van der Waals surface area contributed by atoms with Crippen molar-refractivity contribution in [3.8, 4) is 11.5 Å². The molecule has 0 aromatic heterocycles. The summed E-state index contributed by atoms with van der Waals surface area (Å²) < 4.78 is 0. The molecule has 1 rings (SSSR count). The predicted octanol–water partition coefficient (Wildman–Crippen LogP) is 0.827. The first-order valence-corrected chi connectivity index (χ1v) is 5.66. The van der Waals surface area contributed by atoms with Crippen molar-refractivity contribution in [2.75, 3.05) is 19.6 Å². The molecule has 0 aliphatic rings. The fourth-order valence-corrected chi connectivity index (χ4v) is 1.33. The Morgan fingerprint density at radius 1 is 1.18 bits per heavy atom.